The summed E-state index contributed by atoms with van der Waals surface area (Å²) in [5.41, 5.74) is 1.70. The summed E-state index contributed by atoms with van der Waals surface area (Å²) in [6, 6.07) is 14.7. The Balaban J connectivity index is -0.0000000594. The molecule has 5 aromatic rings. The first-order valence-electron chi connectivity index (χ1n) is 15.9. The molecule has 0 aromatic carbocycles. The Morgan fingerprint density at radius 2 is 0.925 bits per heavy atom. The van der Waals surface area contributed by atoms with E-state index < -0.39 is 0 Å². The molecule has 53 heavy (non-hydrogen) atoms. The third-order valence-electron chi connectivity index (χ3n) is 3.95. The molecule has 6 rings (SSSR count). The van der Waals surface area contributed by atoms with E-state index in [4.69, 9.17) is 0 Å². The standard InChI is InChI=1S/2C6H7NO.C5H5N.3C4H4N2.4C2H6.5CH4/c1-5-2-6(8)4-7-3-5;1-5-3-2-4-7-6(5)8;1-2-4-6-5-3-1;1-2-6-4-3-5-1;1-2-5-4-6-3-1;1-2-4-6-5-3-1;4*1-2;;;;;/h2-3H,4H2,1H3;2-4H,1H3,(H,7,8);1-5H;3*1-4H;4*1-2H3;5*1H4. The van der Waals surface area contributed by atoms with Crippen molar-refractivity contribution in [2.75, 3.05) is 6.54 Å². The van der Waals surface area contributed by atoms with E-state index in [0.717, 1.165) is 11.1 Å². The van der Waals surface area contributed by atoms with Crippen LogP contribution >= 0.6 is 0 Å². The molecule has 1 aliphatic heterocycles. The molecule has 5 aromatic heterocycles. The molecular weight excluding hydrogens is 663 g/mol. The monoisotopic (exact) mass is 738 g/mol. The van der Waals surface area contributed by atoms with Gasteiger partial charge in [0.1, 0.15) is 12.9 Å². The number of dihydropyridines is 1. The van der Waals surface area contributed by atoms with Crippen molar-refractivity contribution >= 4 is 12.0 Å². The van der Waals surface area contributed by atoms with Crippen molar-refractivity contribution in [1.29, 1.82) is 0 Å². The number of rotatable bonds is 0. The fourth-order valence-corrected chi connectivity index (χ4v) is 2.19. The predicted molar refractivity (Wildman–Crippen MR) is 233 cm³/mol. The maximum Gasteiger partial charge on any atom is 0.250 e. The first kappa shape index (κ1) is 69.2. The van der Waals surface area contributed by atoms with E-state index in [-0.39, 0.29) is 48.5 Å². The lowest BCUT2D eigenvalue weighted by Crippen LogP contribution is -2.06. The molecule has 300 valence electrons. The fourth-order valence-electron chi connectivity index (χ4n) is 2.19. The summed E-state index contributed by atoms with van der Waals surface area (Å²) >= 11 is 0. The number of H-pyrrole nitrogens is 1. The van der Waals surface area contributed by atoms with Crippen LogP contribution < -0.4 is 5.56 Å². The van der Waals surface area contributed by atoms with Crippen LogP contribution in [0.5, 0.6) is 0 Å². The number of hydrogen-bond donors (Lipinski definition) is 1. The zero-order chi connectivity index (χ0) is 36.9. The van der Waals surface area contributed by atoms with E-state index >= 15 is 0 Å². The summed E-state index contributed by atoms with van der Waals surface area (Å²) in [6.07, 6.45) is 23.1. The number of aliphatic imine (C=N–C) groups is 1. The number of aromatic nitrogens is 8. The lowest BCUT2D eigenvalue weighted by atomic mass is 10.2. The number of pyridine rings is 2. The Hall–Kier alpha value is -5.58. The number of aryl methyl sites for hydroxylation is 1. The summed E-state index contributed by atoms with van der Waals surface area (Å²) in [5.74, 6) is 0.102. The van der Waals surface area contributed by atoms with E-state index in [1.165, 1.54) is 6.33 Å². The quantitative estimate of drug-likeness (QED) is 0.163. The van der Waals surface area contributed by atoms with Crippen LogP contribution in [0.15, 0.2) is 144 Å². The number of carbonyl (C=O) groups is 1. The molecule has 0 aliphatic carbocycles. The van der Waals surface area contributed by atoms with Crippen molar-refractivity contribution in [3.63, 3.8) is 0 Å². The summed E-state index contributed by atoms with van der Waals surface area (Å²) in [5, 5.41) is 7.07. The summed E-state index contributed by atoms with van der Waals surface area (Å²) in [4.78, 5) is 46.0. The molecule has 11 heteroatoms. The lowest BCUT2D eigenvalue weighted by Gasteiger charge is -1.96. The van der Waals surface area contributed by atoms with Gasteiger partial charge in [-0.1, -0.05) is 105 Å². The number of hydrogen-bond acceptors (Lipinski definition) is 10. The first-order chi connectivity index (χ1) is 23.6. The van der Waals surface area contributed by atoms with E-state index in [0.29, 0.717) is 6.54 Å². The van der Waals surface area contributed by atoms with Gasteiger partial charge in [0.25, 0.3) is 5.56 Å². The van der Waals surface area contributed by atoms with Crippen LogP contribution in [-0.4, -0.2) is 58.6 Å². The first-order valence-corrected chi connectivity index (χ1v) is 15.9. The highest BCUT2D eigenvalue weighted by molar-refractivity contribution is 6.00. The number of aromatic amines is 1. The van der Waals surface area contributed by atoms with E-state index in [9.17, 15) is 9.59 Å². The minimum atomic E-state index is -0.00694. The molecule has 0 bridgehead atoms. The topological polar surface area (TPSA) is 153 Å². The fraction of sp³-hybridized carbons (Fsp3) is 0.381. The van der Waals surface area contributed by atoms with Gasteiger partial charge in [-0.2, -0.15) is 10.2 Å². The van der Waals surface area contributed by atoms with Crippen molar-refractivity contribution in [2.45, 2.75) is 106 Å². The van der Waals surface area contributed by atoms with E-state index in [1.54, 1.807) is 106 Å². The van der Waals surface area contributed by atoms with Crippen molar-refractivity contribution < 1.29 is 4.79 Å². The van der Waals surface area contributed by atoms with Crippen LogP contribution in [0.4, 0.5) is 0 Å². The van der Waals surface area contributed by atoms with Crippen molar-refractivity contribution in [3.8, 4) is 0 Å². The van der Waals surface area contributed by atoms with Crippen LogP contribution in [-0.2, 0) is 4.79 Å². The van der Waals surface area contributed by atoms with E-state index in [2.05, 4.69) is 45.1 Å². The molecule has 0 saturated carbocycles. The zero-order valence-electron chi connectivity index (χ0n) is 30.3. The Morgan fingerprint density at radius 3 is 1.11 bits per heavy atom. The molecule has 0 saturated heterocycles. The largest absolute Gasteiger partial charge is 0.329 e. The van der Waals surface area contributed by atoms with Crippen molar-refractivity contribution in [3.05, 3.63) is 151 Å². The van der Waals surface area contributed by atoms with Gasteiger partial charge in [0.15, 0.2) is 5.78 Å². The van der Waals surface area contributed by atoms with Crippen molar-refractivity contribution in [1.82, 2.24) is 40.1 Å². The molecular formula is C42H75N9O2. The van der Waals surface area contributed by atoms with Crippen molar-refractivity contribution in [2.24, 2.45) is 4.99 Å². The number of allylic oxidation sites excluding steroid dienone is 1. The Bertz CT molecular complexity index is 1140. The van der Waals surface area contributed by atoms with Gasteiger partial charge in [-0.3, -0.25) is 29.5 Å². The number of ketones is 1. The maximum atomic E-state index is 10.6. The molecule has 1 aliphatic rings. The molecule has 0 spiro atoms. The van der Waals surface area contributed by atoms with Gasteiger partial charge in [-0.05, 0) is 61.9 Å². The molecule has 0 amide bonds. The molecule has 1 N–H and O–H groups in total. The minimum absolute atomic E-state index is 0. The third-order valence-corrected chi connectivity index (χ3v) is 3.95. The van der Waals surface area contributed by atoms with Gasteiger partial charge < -0.3 is 4.98 Å². The van der Waals surface area contributed by atoms with Crippen LogP contribution in [0.25, 0.3) is 0 Å². The van der Waals surface area contributed by atoms with Gasteiger partial charge in [0.05, 0.1) is 0 Å². The van der Waals surface area contributed by atoms with Gasteiger partial charge in [0.2, 0.25) is 0 Å². The zero-order valence-corrected chi connectivity index (χ0v) is 30.3. The average molecular weight is 738 g/mol. The molecule has 0 atom stereocenters. The maximum absolute atomic E-state index is 10.6. The van der Waals surface area contributed by atoms with Crippen LogP contribution in [0.2, 0.25) is 0 Å². The Morgan fingerprint density at radius 1 is 0.509 bits per heavy atom. The molecule has 0 radical (unpaired) electrons. The smallest absolute Gasteiger partial charge is 0.250 e. The second-order valence-electron chi connectivity index (χ2n) is 7.24. The van der Waals surface area contributed by atoms with Gasteiger partial charge in [-0.25, -0.2) is 9.97 Å². The van der Waals surface area contributed by atoms with Gasteiger partial charge in [-0.15, -0.1) is 0 Å². The highest BCUT2D eigenvalue weighted by atomic mass is 16.1. The second kappa shape index (κ2) is 64.9. The molecule has 0 fully saturated rings. The highest BCUT2D eigenvalue weighted by Crippen LogP contribution is 1.94. The predicted octanol–water partition coefficient (Wildman–Crippen LogP) is 11.1. The third kappa shape index (κ3) is 58.9. The highest BCUT2D eigenvalue weighted by Gasteiger charge is 1.98. The van der Waals surface area contributed by atoms with Gasteiger partial charge >= 0.3 is 0 Å². The normalized spacial score (nSPS) is 8.26. The Kier molecular flexibility index (Phi) is 84.7. The number of nitrogens with zero attached hydrogens (tertiary/aromatic N) is 8. The Labute approximate surface area is 324 Å². The second-order valence-corrected chi connectivity index (χ2v) is 7.24. The summed E-state index contributed by atoms with van der Waals surface area (Å²) < 4.78 is 0. The molecule has 11 nitrogen and oxygen atoms in total. The van der Waals surface area contributed by atoms with Crippen LogP contribution in [0.3, 0.4) is 0 Å². The van der Waals surface area contributed by atoms with Gasteiger partial charge in [0, 0.05) is 79.9 Å². The summed E-state index contributed by atoms with van der Waals surface area (Å²) in [7, 11) is 0. The lowest BCUT2D eigenvalue weighted by molar-refractivity contribution is -0.113. The van der Waals surface area contributed by atoms with Crippen LogP contribution in [0.1, 0.15) is 105 Å². The minimum Gasteiger partial charge on any atom is -0.329 e. The molecule has 0 unspecified atom stereocenters. The van der Waals surface area contributed by atoms with Crippen LogP contribution in [0, 0.1) is 6.92 Å². The van der Waals surface area contributed by atoms with E-state index in [1.807, 2.05) is 92.6 Å². The number of carbonyl (C=O) groups excluding carboxylic acids is 1. The molecule has 6 heterocycles. The average Bonchev–Trinajstić information content (AvgIpc) is 3.20. The SMILES string of the molecule is C.C.C.C.C.CC.CC.CC.CC.CC1=CC(=O)CN=C1.Cc1ccc[nH]c1=O.c1ccncc1.c1ccnnc1.c1cnccn1.c1cncnc1. The summed E-state index contributed by atoms with van der Waals surface area (Å²) in [6.45, 7) is 20.0. The number of nitrogens with one attached hydrogen (secondary N) is 1.